The van der Waals surface area contributed by atoms with Crippen molar-refractivity contribution in [2.75, 3.05) is 11.9 Å². The van der Waals surface area contributed by atoms with Gasteiger partial charge in [0.1, 0.15) is 17.2 Å². The molecule has 0 saturated heterocycles. The third-order valence-corrected chi connectivity index (χ3v) is 5.05. The first-order valence-corrected chi connectivity index (χ1v) is 9.26. The van der Waals surface area contributed by atoms with Gasteiger partial charge in [-0.15, -0.1) is 0 Å². The van der Waals surface area contributed by atoms with Crippen LogP contribution in [0.25, 0.3) is 11.0 Å². The molecule has 0 aliphatic heterocycles. The molecule has 4 rings (SSSR count). The van der Waals surface area contributed by atoms with Gasteiger partial charge in [0.15, 0.2) is 0 Å². The zero-order valence-electron chi connectivity index (χ0n) is 14.9. The largest absolute Gasteiger partial charge is 0.459 e. The van der Waals surface area contributed by atoms with Crippen molar-refractivity contribution in [2.45, 2.75) is 44.7 Å². The van der Waals surface area contributed by atoms with Crippen molar-refractivity contribution in [3.05, 3.63) is 48.4 Å². The zero-order valence-corrected chi connectivity index (χ0v) is 14.9. The van der Waals surface area contributed by atoms with Gasteiger partial charge in [-0.25, -0.2) is 4.68 Å². The van der Waals surface area contributed by atoms with E-state index in [-0.39, 0.29) is 18.5 Å². The predicted molar refractivity (Wildman–Crippen MR) is 101 cm³/mol. The summed E-state index contributed by atoms with van der Waals surface area (Å²) in [6, 6.07) is 12.1. The molecule has 1 aliphatic carbocycles. The molecule has 26 heavy (non-hydrogen) atoms. The normalized spacial score (nSPS) is 16.2. The first-order chi connectivity index (χ1) is 12.7. The highest BCUT2D eigenvalue weighted by molar-refractivity contribution is 5.91. The van der Waals surface area contributed by atoms with Gasteiger partial charge >= 0.3 is 0 Å². The average Bonchev–Trinajstić information content (AvgIpc) is 3.38. The van der Waals surface area contributed by atoms with Gasteiger partial charge in [0.25, 0.3) is 0 Å². The van der Waals surface area contributed by atoms with Crippen LogP contribution in [0.15, 0.2) is 47.0 Å². The summed E-state index contributed by atoms with van der Waals surface area (Å²) in [5, 5.41) is 11.7. The monoisotopic (exact) mass is 352 g/mol. The Kier molecular flexibility index (Phi) is 4.75. The van der Waals surface area contributed by atoms with E-state index < -0.39 is 0 Å². The minimum atomic E-state index is -0.0762. The highest BCUT2D eigenvalue weighted by Gasteiger charge is 2.20. The van der Waals surface area contributed by atoms with E-state index in [4.69, 9.17) is 4.42 Å². The molecule has 6 heteroatoms. The fourth-order valence-corrected chi connectivity index (χ4v) is 3.60. The van der Waals surface area contributed by atoms with Gasteiger partial charge in [0.05, 0.1) is 24.8 Å². The zero-order chi connectivity index (χ0) is 17.9. The van der Waals surface area contributed by atoms with Crippen molar-refractivity contribution in [2.24, 2.45) is 0 Å². The predicted octanol–water partition coefficient (Wildman–Crippen LogP) is 4.03. The van der Waals surface area contributed by atoms with E-state index in [1.165, 1.54) is 12.8 Å². The number of carbonyl (C=O) groups is 1. The molecular weight excluding hydrogens is 328 g/mol. The molecule has 1 saturated carbocycles. The number of furan rings is 1. The van der Waals surface area contributed by atoms with Crippen LogP contribution in [0.1, 0.15) is 50.5 Å². The molecule has 2 aromatic heterocycles. The highest BCUT2D eigenvalue weighted by Crippen LogP contribution is 2.31. The van der Waals surface area contributed by atoms with Gasteiger partial charge in [-0.05, 0) is 31.9 Å². The highest BCUT2D eigenvalue weighted by atomic mass is 16.3. The number of para-hydroxylation sites is 1. The molecule has 2 N–H and O–H groups in total. The van der Waals surface area contributed by atoms with Crippen molar-refractivity contribution >= 4 is 22.7 Å². The Labute approximate surface area is 152 Å². The molecule has 6 nitrogen and oxygen atoms in total. The molecule has 1 atom stereocenters. The van der Waals surface area contributed by atoms with Crippen LogP contribution < -0.4 is 10.6 Å². The Balaban J connectivity index is 1.34. The standard InChI is InChI=1S/C20H24N4O2/c1-14(18-12-15-6-2-5-9-17(15)26-18)21-13-20(25)23-19-10-11-22-24(19)16-7-3-4-8-16/h2,5-6,9-12,14,16,21H,3-4,7-8,13H2,1H3,(H,23,25). The Hall–Kier alpha value is -2.60. The smallest absolute Gasteiger partial charge is 0.239 e. The summed E-state index contributed by atoms with van der Waals surface area (Å²) >= 11 is 0. The maximum absolute atomic E-state index is 12.3. The Morgan fingerprint density at radius 2 is 2.12 bits per heavy atom. The molecule has 0 spiro atoms. The number of hydrogen-bond donors (Lipinski definition) is 2. The molecule has 0 radical (unpaired) electrons. The van der Waals surface area contributed by atoms with E-state index in [2.05, 4.69) is 15.7 Å². The molecule has 3 aromatic rings. The van der Waals surface area contributed by atoms with Gasteiger partial charge in [-0.2, -0.15) is 5.10 Å². The van der Waals surface area contributed by atoms with Gasteiger partial charge in [-0.3, -0.25) is 10.1 Å². The summed E-state index contributed by atoms with van der Waals surface area (Å²) in [4.78, 5) is 12.3. The summed E-state index contributed by atoms with van der Waals surface area (Å²) < 4.78 is 7.80. The maximum atomic E-state index is 12.3. The molecule has 2 heterocycles. The molecule has 1 aliphatic rings. The SMILES string of the molecule is CC(NCC(=O)Nc1ccnn1C1CCCC1)c1cc2ccccc2o1. The fourth-order valence-electron chi connectivity index (χ4n) is 3.60. The number of hydrogen-bond acceptors (Lipinski definition) is 4. The molecule has 136 valence electrons. The van der Waals surface area contributed by atoms with Crippen molar-refractivity contribution in [1.82, 2.24) is 15.1 Å². The van der Waals surface area contributed by atoms with Crippen LogP contribution >= 0.6 is 0 Å². The number of carbonyl (C=O) groups excluding carboxylic acids is 1. The van der Waals surface area contributed by atoms with Gasteiger partial charge in [0, 0.05) is 11.5 Å². The summed E-state index contributed by atoms with van der Waals surface area (Å²) in [6.07, 6.45) is 6.47. The van der Waals surface area contributed by atoms with Crippen molar-refractivity contribution in [3.8, 4) is 0 Å². The van der Waals surface area contributed by atoms with Crippen LogP contribution in [-0.4, -0.2) is 22.2 Å². The third-order valence-electron chi connectivity index (χ3n) is 5.05. The van der Waals surface area contributed by atoms with E-state index in [0.717, 1.165) is 35.4 Å². The average molecular weight is 352 g/mol. The summed E-state index contributed by atoms with van der Waals surface area (Å²) in [6.45, 7) is 2.21. The number of nitrogens with one attached hydrogen (secondary N) is 2. The Bertz CT molecular complexity index is 859. The van der Waals surface area contributed by atoms with E-state index in [1.807, 2.05) is 48.0 Å². The van der Waals surface area contributed by atoms with Crippen LogP contribution in [0, 0.1) is 0 Å². The number of aromatic nitrogens is 2. The molecule has 1 aromatic carbocycles. The minimum absolute atomic E-state index is 0.0482. The van der Waals surface area contributed by atoms with E-state index in [0.29, 0.717) is 6.04 Å². The number of anilines is 1. The van der Waals surface area contributed by atoms with E-state index >= 15 is 0 Å². The lowest BCUT2D eigenvalue weighted by Crippen LogP contribution is -2.30. The summed E-state index contributed by atoms with van der Waals surface area (Å²) in [5.41, 5.74) is 0.862. The maximum Gasteiger partial charge on any atom is 0.239 e. The number of rotatable bonds is 6. The van der Waals surface area contributed by atoms with Crippen molar-refractivity contribution in [3.63, 3.8) is 0 Å². The Morgan fingerprint density at radius 1 is 1.31 bits per heavy atom. The fraction of sp³-hybridized carbons (Fsp3) is 0.400. The lowest BCUT2D eigenvalue weighted by atomic mass is 10.2. The van der Waals surface area contributed by atoms with Gasteiger partial charge < -0.3 is 9.73 Å². The lowest BCUT2D eigenvalue weighted by molar-refractivity contribution is -0.115. The second kappa shape index (κ2) is 7.33. The van der Waals surface area contributed by atoms with Crippen molar-refractivity contribution < 1.29 is 9.21 Å². The van der Waals surface area contributed by atoms with Crippen molar-refractivity contribution in [1.29, 1.82) is 0 Å². The Morgan fingerprint density at radius 3 is 2.92 bits per heavy atom. The number of benzene rings is 1. The van der Waals surface area contributed by atoms with Crippen LogP contribution in [0.3, 0.4) is 0 Å². The quantitative estimate of drug-likeness (QED) is 0.702. The number of amides is 1. The van der Waals surface area contributed by atoms with Gasteiger partial charge in [0.2, 0.25) is 5.91 Å². The lowest BCUT2D eigenvalue weighted by Gasteiger charge is -2.15. The molecular formula is C20H24N4O2. The molecule has 1 amide bonds. The molecule has 1 unspecified atom stereocenters. The van der Waals surface area contributed by atoms with Gasteiger partial charge in [-0.1, -0.05) is 31.0 Å². The second-order valence-electron chi connectivity index (χ2n) is 6.94. The minimum Gasteiger partial charge on any atom is -0.459 e. The van der Waals surface area contributed by atoms with Crippen LogP contribution in [-0.2, 0) is 4.79 Å². The first kappa shape index (κ1) is 16.8. The van der Waals surface area contributed by atoms with Crippen LogP contribution in [0.2, 0.25) is 0 Å². The van der Waals surface area contributed by atoms with Crippen LogP contribution in [0.4, 0.5) is 5.82 Å². The number of fused-ring (bicyclic) bond motifs is 1. The third kappa shape index (κ3) is 3.51. The summed E-state index contributed by atoms with van der Waals surface area (Å²) in [5.74, 6) is 1.53. The molecule has 0 bridgehead atoms. The van der Waals surface area contributed by atoms with E-state index in [9.17, 15) is 4.79 Å². The number of nitrogens with zero attached hydrogens (tertiary/aromatic N) is 2. The molecule has 1 fully saturated rings. The topological polar surface area (TPSA) is 72.1 Å². The first-order valence-electron chi connectivity index (χ1n) is 9.26. The second-order valence-corrected chi connectivity index (χ2v) is 6.94. The van der Waals surface area contributed by atoms with E-state index in [1.54, 1.807) is 6.20 Å². The van der Waals surface area contributed by atoms with Crippen LogP contribution in [0.5, 0.6) is 0 Å². The summed E-state index contributed by atoms with van der Waals surface area (Å²) in [7, 11) is 0.